The molecule has 4 rings (SSSR count). The Labute approximate surface area is 242 Å². The van der Waals surface area contributed by atoms with Crippen LogP contribution in [0.25, 0.3) is 11.3 Å². The number of allylic oxidation sites excluding steroid dienone is 1. The molecule has 2 aliphatic rings. The van der Waals surface area contributed by atoms with E-state index in [0.29, 0.717) is 30.2 Å². The maximum Gasteiger partial charge on any atom is 0.408 e. The molecule has 2 aromatic carbocycles. The van der Waals surface area contributed by atoms with Gasteiger partial charge in [-0.05, 0) is 81.7 Å². The first-order chi connectivity index (χ1) is 18.9. The van der Waals surface area contributed by atoms with E-state index in [9.17, 15) is 9.59 Å². The third-order valence-corrected chi connectivity index (χ3v) is 8.22. The number of alkyl carbamates (subject to hydrolysis) is 1. The number of carbonyl (C=O) groups excluding carboxylic acids is 2. The van der Waals surface area contributed by atoms with E-state index < -0.39 is 17.7 Å². The van der Waals surface area contributed by atoms with Crippen LogP contribution in [0.1, 0.15) is 62.8 Å². The molecule has 0 aromatic heterocycles. The van der Waals surface area contributed by atoms with Crippen LogP contribution < -0.4 is 5.32 Å². The van der Waals surface area contributed by atoms with Crippen LogP contribution in [0.5, 0.6) is 0 Å². The number of nitrogens with zero attached hydrogens (tertiary/aromatic N) is 1. The van der Waals surface area contributed by atoms with E-state index in [2.05, 4.69) is 41.7 Å². The molecule has 0 radical (unpaired) electrons. The molecular formula is C33H40N2O4S. The fourth-order valence-corrected chi connectivity index (χ4v) is 5.82. The second-order valence-electron chi connectivity index (χ2n) is 11.7. The van der Waals surface area contributed by atoms with Crippen molar-refractivity contribution in [2.24, 2.45) is 16.8 Å². The average Bonchev–Trinajstić information content (AvgIpc) is 3.73. The summed E-state index contributed by atoms with van der Waals surface area (Å²) < 4.78 is 10.9. The van der Waals surface area contributed by atoms with E-state index in [1.807, 2.05) is 52.0 Å². The molecule has 1 heterocycles. The van der Waals surface area contributed by atoms with E-state index in [-0.39, 0.29) is 11.7 Å². The number of methoxy groups -OCH3 is 1. The van der Waals surface area contributed by atoms with Gasteiger partial charge in [0.25, 0.3) is 0 Å². The molecular weight excluding hydrogens is 520 g/mol. The lowest BCUT2D eigenvalue weighted by molar-refractivity contribution is -0.124. The Hall–Kier alpha value is -3.32. The van der Waals surface area contributed by atoms with Crippen molar-refractivity contribution in [3.63, 3.8) is 0 Å². The summed E-state index contributed by atoms with van der Waals surface area (Å²) in [6.07, 6.45) is 2.76. The monoisotopic (exact) mass is 560 g/mol. The third-order valence-electron chi connectivity index (χ3n) is 7.01. The molecule has 1 saturated carbocycles. The summed E-state index contributed by atoms with van der Waals surface area (Å²) in [6.45, 7) is 15.6. The second kappa shape index (κ2) is 12.5. The lowest BCUT2D eigenvalue weighted by atomic mass is 9.85. The van der Waals surface area contributed by atoms with Gasteiger partial charge in [-0.2, -0.15) is 0 Å². The molecule has 1 amide bonds. The minimum absolute atomic E-state index is 0.0111. The van der Waals surface area contributed by atoms with Crippen molar-refractivity contribution in [1.29, 1.82) is 0 Å². The molecule has 212 valence electrons. The number of ether oxygens (including phenoxy) is 2. The lowest BCUT2D eigenvalue weighted by Crippen LogP contribution is -2.48. The number of ketones is 1. The summed E-state index contributed by atoms with van der Waals surface area (Å²) >= 11 is 1.59. The van der Waals surface area contributed by atoms with Crippen molar-refractivity contribution in [1.82, 2.24) is 5.32 Å². The second-order valence-corrected chi connectivity index (χ2v) is 12.8. The Balaban J connectivity index is 1.57. The van der Waals surface area contributed by atoms with Gasteiger partial charge >= 0.3 is 6.09 Å². The molecule has 0 saturated heterocycles. The number of benzene rings is 2. The average molecular weight is 561 g/mol. The first kappa shape index (κ1) is 29.7. The van der Waals surface area contributed by atoms with Crippen molar-refractivity contribution in [3.8, 4) is 0 Å². The summed E-state index contributed by atoms with van der Waals surface area (Å²) in [5.74, 6) is 1.27. The van der Waals surface area contributed by atoms with E-state index in [1.165, 1.54) is 0 Å². The number of amides is 1. The smallest absolute Gasteiger partial charge is 0.408 e. The van der Waals surface area contributed by atoms with E-state index >= 15 is 0 Å². The zero-order valence-corrected chi connectivity index (χ0v) is 25.0. The molecule has 7 heteroatoms. The van der Waals surface area contributed by atoms with Gasteiger partial charge in [0.15, 0.2) is 11.7 Å². The zero-order valence-electron chi connectivity index (χ0n) is 24.2. The SMILES string of the molecule is C=C(C)c1ccc2c(c1)CC(Cc1ccc(C(=C)N=C(OC)C3CC3)cc1)C(=O)[C@@H](NC(=O)OC(C)(C)C)CS2. The van der Waals surface area contributed by atoms with Crippen LogP contribution in [0, 0.1) is 11.8 Å². The Morgan fingerprint density at radius 3 is 2.38 bits per heavy atom. The Kier molecular flexibility index (Phi) is 9.24. The first-order valence-electron chi connectivity index (χ1n) is 13.8. The standard InChI is InChI=1S/C33H40N2O4S/c1-20(2)25-14-15-29-26(17-25)18-27(30(36)28(19-40-29)35-32(37)39-33(4,5)6)16-22-8-10-23(11-9-22)21(3)34-31(38-7)24-12-13-24/h8-11,14-15,17,24,27-28H,1,3,12-13,16,18-19H2,2,4-7H3,(H,35,37)/t27?,28-/m0/s1. The highest BCUT2D eigenvalue weighted by Crippen LogP contribution is 2.34. The van der Waals surface area contributed by atoms with E-state index in [4.69, 9.17) is 9.47 Å². The van der Waals surface area contributed by atoms with Gasteiger partial charge in [0.05, 0.1) is 12.8 Å². The van der Waals surface area contributed by atoms with Crippen LogP contribution in [0.4, 0.5) is 4.79 Å². The van der Waals surface area contributed by atoms with Crippen LogP contribution >= 0.6 is 11.8 Å². The molecule has 1 aliphatic carbocycles. The fraction of sp³-hybridized carbons (Fsp3) is 0.424. The highest BCUT2D eigenvalue weighted by atomic mass is 32.2. The van der Waals surface area contributed by atoms with Gasteiger partial charge in [-0.3, -0.25) is 4.79 Å². The number of Topliss-reactive ketones (excluding diaryl/α,β-unsaturated/α-hetero) is 1. The number of thioether (sulfide) groups is 1. The molecule has 0 bridgehead atoms. The van der Waals surface area contributed by atoms with Crippen LogP contribution in [0.15, 0.2) is 65.5 Å². The minimum atomic E-state index is -0.651. The number of fused-ring (bicyclic) bond motifs is 1. The summed E-state index contributed by atoms with van der Waals surface area (Å²) in [7, 11) is 1.65. The predicted octanol–water partition coefficient (Wildman–Crippen LogP) is 7.11. The Morgan fingerprint density at radius 2 is 1.77 bits per heavy atom. The number of rotatable bonds is 7. The van der Waals surface area contributed by atoms with Gasteiger partial charge < -0.3 is 14.8 Å². The van der Waals surface area contributed by atoms with E-state index in [0.717, 1.165) is 51.5 Å². The number of carbonyl (C=O) groups is 2. The quantitative estimate of drug-likeness (QED) is 0.288. The largest absolute Gasteiger partial charge is 0.484 e. The van der Waals surface area contributed by atoms with Crippen molar-refractivity contribution >= 4 is 40.8 Å². The van der Waals surface area contributed by atoms with Crippen LogP contribution in [0.3, 0.4) is 0 Å². The minimum Gasteiger partial charge on any atom is -0.484 e. The highest BCUT2D eigenvalue weighted by molar-refractivity contribution is 7.99. The van der Waals surface area contributed by atoms with Gasteiger partial charge in [-0.1, -0.05) is 55.1 Å². The van der Waals surface area contributed by atoms with Gasteiger partial charge in [-0.15, -0.1) is 11.8 Å². The molecule has 1 aliphatic heterocycles. The number of aliphatic imine (C=N–C) groups is 1. The van der Waals surface area contributed by atoms with E-state index in [1.54, 1.807) is 18.9 Å². The summed E-state index contributed by atoms with van der Waals surface area (Å²) in [5, 5.41) is 2.85. The fourth-order valence-electron chi connectivity index (χ4n) is 4.74. The molecule has 1 fully saturated rings. The summed E-state index contributed by atoms with van der Waals surface area (Å²) in [4.78, 5) is 32.2. The summed E-state index contributed by atoms with van der Waals surface area (Å²) in [5.41, 5.74) is 5.16. The molecule has 1 N–H and O–H groups in total. The van der Waals surface area contributed by atoms with Crippen molar-refractivity contribution < 1.29 is 19.1 Å². The first-order valence-corrected chi connectivity index (χ1v) is 14.8. The molecule has 2 atom stereocenters. The highest BCUT2D eigenvalue weighted by Gasteiger charge is 2.33. The molecule has 40 heavy (non-hydrogen) atoms. The normalized spacial score (nSPS) is 19.6. The van der Waals surface area contributed by atoms with Crippen LogP contribution in [-0.4, -0.2) is 42.3 Å². The third kappa shape index (κ3) is 7.87. The van der Waals surface area contributed by atoms with Crippen molar-refractivity contribution in [2.75, 3.05) is 12.9 Å². The predicted molar refractivity (Wildman–Crippen MR) is 164 cm³/mol. The van der Waals surface area contributed by atoms with Crippen molar-refractivity contribution in [2.45, 2.75) is 69.9 Å². The maximum atomic E-state index is 13.9. The van der Waals surface area contributed by atoms with Gasteiger partial charge in [0, 0.05) is 22.5 Å². The molecule has 2 aromatic rings. The number of nitrogens with one attached hydrogen (secondary N) is 1. The summed E-state index contributed by atoms with van der Waals surface area (Å²) in [6, 6.07) is 13.7. The van der Waals surface area contributed by atoms with Crippen LogP contribution in [-0.2, 0) is 27.1 Å². The van der Waals surface area contributed by atoms with Gasteiger partial charge in [-0.25, -0.2) is 9.79 Å². The molecule has 6 nitrogen and oxygen atoms in total. The van der Waals surface area contributed by atoms with Gasteiger partial charge in [0.1, 0.15) is 11.6 Å². The lowest BCUT2D eigenvalue weighted by Gasteiger charge is -2.28. The van der Waals surface area contributed by atoms with Gasteiger partial charge in [0.2, 0.25) is 0 Å². The maximum absolute atomic E-state index is 13.9. The van der Waals surface area contributed by atoms with Crippen LogP contribution in [0.2, 0.25) is 0 Å². The topological polar surface area (TPSA) is 77.0 Å². The molecule has 1 unspecified atom stereocenters. The number of hydrogen-bond acceptors (Lipinski definition) is 6. The zero-order chi connectivity index (χ0) is 29.0. The Bertz CT molecular complexity index is 1320. The number of hydrogen-bond donors (Lipinski definition) is 1. The Morgan fingerprint density at radius 1 is 1.10 bits per heavy atom. The van der Waals surface area contributed by atoms with Crippen molar-refractivity contribution in [3.05, 3.63) is 77.9 Å². The molecule has 0 spiro atoms.